The molecular weight excluding hydrogens is 554 g/mol. The van der Waals surface area contributed by atoms with Gasteiger partial charge in [-0.05, 0) is 55.3 Å². The third kappa shape index (κ3) is 7.99. The Morgan fingerprint density at radius 2 is 1.57 bits per heavy atom. The van der Waals surface area contributed by atoms with Crippen LogP contribution in [0.25, 0.3) is 11.5 Å². The quantitative estimate of drug-likeness (QED) is 0.144. The van der Waals surface area contributed by atoms with Gasteiger partial charge in [0.1, 0.15) is 18.1 Å². The Morgan fingerprint density at radius 3 is 2.30 bits per heavy atom. The standard InChI is InChI=1S/C36H35N3O5/c1-25-32(39-36(44-25)28-12-6-3-7-13-28)20-21-43-30-18-16-26(17-19-30)22-29(23-37-34(41)24-40)38-33-15-9-8-14-31(33)35(42)27-10-4-2-5-11-27/h2-19,29,38,40H,20-24H2,1H3,(H,37,41)/t29-/m0/s1. The van der Waals surface area contributed by atoms with Gasteiger partial charge >= 0.3 is 0 Å². The van der Waals surface area contributed by atoms with Gasteiger partial charge in [0.25, 0.3) is 0 Å². The summed E-state index contributed by atoms with van der Waals surface area (Å²) in [5.74, 6) is 1.56. The van der Waals surface area contributed by atoms with E-state index in [9.17, 15) is 14.7 Å². The van der Waals surface area contributed by atoms with Crippen molar-refractivity contribution >= 4 is 17.4 Å². The Morgan fingerprint density at radius 1 is 0.886 bits per heavy atom. The Kier molecular flexibility index (Phi) is 10.2. The first-order valence-electron chi connectivity index (χ1n) is 14.6. The monoisotopic (exact) mass is 589 g/mol. The lowest BCUT2D eigenvalue weighted by Gasteiger charge is -2.22. The minimum absolute atomic E-state index is 0.0922. The number of aliphatic hydroxyl groups is 1. The van der Waals surface area contributed by atoms with Gasteiger partial charge in [-0.15, -0.1) is 0 Å². The lowest BCUT2D eigenvalue weighted by Crippen LogP contribution is -2.39. The first kappa shape index (κ1) is 30.3. The molecule has 5 aromatic rings. The van der Waals surface area contributed by atoms with Crippen molar-refractivity contribution in [3.05, 3.63) is 137 Å². The number of rotatable bonds is 14. The zero-order valence-electron chi connectivity index (χ0n) is 24.5. The summed E-state index contributed by atoms with van der Waals surface area (Å²) in [7, 11) is 0. The number of para-hydroxylation sites is 1. The number of anilines is 1. The number of aryl methyl sites for hydroxylation is 1. The second-order valence-corrected chi connectivity index (χ2v) is 10.4. The SMILES string of the molecule is Cc1oc(-c2ccccc2)nc1CCOc1ccc(C[C@@H](CNC(=O)CO)Nc2ccccc2C(=O)c2ccccc2)cc1. The molecular formula is C36H35N3O5. The average molecular weight is 590 g/mol. The number of nitrogens with zero attached hydrogens (tertiary/aromatic N) is 1. The normalized spacial score (nSPS) is 11.5. The van der Waals surface area contributed by atoms with E-state index in [1.807, 2.05) is 97.9 Å². The van der Waals surface area contributed by atoms with E-state index in [0.717, 1.165) is 28.3 Å². The highest BCUT2D eigenvalue weighted by Crippen LogP contribution is 2.23. The summed E-state index contributed by atoms with van der Waals surface area (Å²) in [6.45, 7) is 2.02. The van der Waals surface area contributed by atoms with Crippen LogP contribution in [0.4, 0.5) is 5.69 Å². The molecule has 8 nitrogen and oxygen atoms in total. The van der Waals surface area contributed by atoms with Crippen LogP contribution in [0.5, 0.6) is 5.75 Å². The number of aromatic nitrogens is 1. The summed E-state index contributed by atoms with van der Waals surface area (Å²) in [5, 5.41) is 15.4. The van der Waals surface area contributed by atoms with Crippen molar-refractivity contribution < 1.29 is 23.8 Å². The summed E-state index contributed by atoms with van der Waals surface area (Å²) in [6.07, 6.45) is 1.17. The topological polar surface area (TPSA) is 114 Å². The minimum Gasteiger partial charge on any atom is -0.493 e. The van der Waals surface area contributed by atoms with Gasteiger partial charge in [-0.25, -0.2) is 4.98 Å². The number of oxazole rings is 1. The molecule has 0 bridgehead atoms. The summed E-state index contributed by atoms with van der Waals surface area (Å²) < 4.78 is 11.8. The molecule has 1 heterocycles. The molecule has 3 N–H and O–H groups in total. The van der Waals surface area contributed by atoms with Gasteiger partial charge in [0.15, 0.2) is 5.78 Å². The zero-order chi connectivity index (χ0) is 30.7. The van der Waals surface area contributed by atoms with Gasteiger partial charge < -0.3 is 24.9 Å². The Balaban J connectivity index is 1.22. The first-order valence-corrected chi connectivity index (χ1v) is 14.6. The average Bonchev–Trinajstić information content (AvgIpc) is 3.45. The van der Waals surface area contributed by atoms with Gasteiger partial charge in [-0.3, -0.25) is 9.59 Å². The number of hydrogen-bond donors (Lipinski definition) is 3. The summed E-state index contributed by atoms with van der Waals surface area (Å²) >= 11 is 0. The van der Waals surface area contributed by atoms with Gasteiger partial charge in [0, 0.05) is 41.4 Å². The minimum atomic E-state index is -0.594. The van der Waals surface area contributed by atoms with Gasteiger partial charge in [0.05, 0.1) is 12.3 Å². The molecule has 224 valence electrons. The molecule has 0 saturated carbocycles. The number of amides is 1. The van der Waals surface area contributed by atoms with Gasteiger partial charge in [-0.1, -0.05) is 72.8 Å². The largest absolute Gasteiger partial charge is 0.493 e. The van der Waals surface area contributed by atoms with E-state index >= 15 is 0 Å². The van der Waals surface area contributed by atoms with E-state index in [-0.39, 0.29) is 18.4 Å². The first-order chi connectivity index (χ1) is 21.5. The molecule has 0 aliphatic rings. The third-order valence-corrected chi connectivity index (χ3v) is 7.18. The van der Waals surface area contributed by atoms with Crippen molar-refractivity contribution in [3.63, 3.8) is 0 Å². The Hall–Kier alpha value is -5.21. The van der Waals surface area contributed by atoms with Crippen LogP contribution in [0.15, 0.2) is 114 Å². The fourth-order valence-electron chi connectivity index (χ4n) is 4.88. The smallest absolute Gasteiger partial charge is 0.245 e. The second kappa shape index (κ2) is 14.8. The van der Waals surface area contributed by atoms with E-state index in [1.54, 1.807) is 18.2 Å². The van der Waals surface area contributed by atoms with Crippen molar-refractivity contribution in [1.29, 1.82) is 0 Å². The van der Waals surface area contributed by atoms with Crippen molar-refractivity contribution in [2.75, 3.05) is 25.1 Å². The highest BCUT2D eigenvalue weighted by molar-refractivity contribution is 6.12. The third-order valence-electron chi connectivity index (χ3n) is 7.18. The van der Waals surface area contributed by atoms with Crippen molar-refractivity contribution in [1.82, 2.24) is 10.3 Å². The molecule has 1 amide bonds. The lowest BCUT2D eigenvalue weighted by molar-refractivity contribution is -0.123. The lowest BCUT2D eigenvalue weighted by atomic mass is 10.00. The molecule has 5 rings (SSSR count). The van der Waals surface area contributed by atoms with E-state index < -0.39 is 12.5 Å². The number of nitrogens with one attached hydrogen (secondary N) is 2. The van der Waals surface area contributed by atoms with E-state index in [2.05, 4.69) is 15.6 Å². The predicted octanol–water partition coefficient (Wildman–Crippen LogP) is 5.63. The number of aliphatic hydroxyl groups excluding tert-OH is 1. The van der Waals surface area contributed by atoms with E-state index in [4.69, 9.17) is 9.15 Å². The van der Waals surface area contributed by atoms with Crippen molar-refractivity contribution in [2.24, 2.45) is 0 Å². The molecule has 0 spiro atoms. The Bertz CT molecular complexity index is 1670. The molecule has 0 saturated heterocycles. The van der Waals surface area contributed by atoms with Crippen molar-refractivity contribution in [2.45, 2.75) is 25.8 Å². The van der Waals surface area contributed by atoms with Crippen LogP contribution in [-0.2, 0) is 17.6 Å². The maximum atomic E-state index is 13.3. The molecule has 44 heavy (non-hydrogen) atoms. The van der Waals surface area contributed by atoms with Crippen LogP contribution in [0.2, 0.25) is 0 Å². The predicted molar refractivity (Wildman–Crippen MR) is 170 cm³/mol. The summed E-state index contributed by atoms with van der Waals surface area (Å²) in [5.41, 5.74) is 4.62. The van der Waals surface area contributed by atoms with Crippen LogP contribution >= 0.6 is 0 Å². The molecule has 1 atom stereocenters. The fraction of sp³-hybridized carbons (Fsp3) is 0.194. The highest BCUT2D eigenvalue weighted by atomic mass is 16.5. The van der Waals surface area contributed by atoms with Crippen LogP contribution in [0.3, 0.4) is 0 Å². The van der Waals surface area contributed by atoms with Crippen LogP contribution < -0.4 is 15.4 Å². The number of hydrogen-bond acceptors (Lipinski definition) is 7. The molecule has 4 aromatic carbocycles. The number of ether oxygens (including phenoxy) is 1. The molecule has 1 aromatic heterocycles. The molecule has 0 radical (unpaired) electrons. The molecule has 0 unspecified atom stereocenters. The van der Waals surface area contributed by atoms with Crippen LogP contribution in [-0.4, -0.2) is 47.6 Å². The van der Waals surface area contributed by atoms with Gasteiger partial charge in [-0.2, -0.15) is 0 Å². The maximum Gasteiger partial charge on any atom is 0.245 e. The zero-order valence-corrected chi connectivity index (χ0v) is 24.5. The summed E-state index contributed by atoms with van der Waals surface area (Å²) in [4.78, 5) is 29.7. The maximum absolute atomic E-state index is 13.3. The fourth-order valence-corrected chi connectivity index (χ4v) is 4.88. The van der Waals surface area contributed by atoms with E-state index in [0.29, 0.717) is 42.2 Å². The molecule has 0 aliphatic carbocycles. The number of benzene rings is 4. The number of carbonyl (C=O) groups is 2. The molecule has 0 aliphatic heterocycles. The van der Waals surface area contributed by atoms with Gasteiger partial charge in [0.2, 0.25) is 11.8 Å². The molecule has 8 heteroatoms. The second-order valence-electron chi connectivity index (χ2n) is 10.4. The number of carbonyl (C=O) groups excluding carboxylic acids is 2. The highest BCUT2D eigenvalue weighted by Gasteiger charge is 2.18. The van der Waals surface area contributed by atoms with E-state index in [1.165, 1.54) is 0 Å². The van der Waals surface area contributed by atoms with Crippen LogP contribution in [0.1, 0.15) is 32.9 Å². The van der Waals surface area contributed by atoms with Crippen LogP contribution in [0, 0.1) is 6.92 Å². The van der Waals surface area contributed by atoms with Crippen molar-refractivity contribution in [3.8, 4) is 17.2 Å². The Labute approximate surface area is 256 Å². The number of ketones is 1. The summed E-state index contributed by atoms with van der Waals surface area (Å²) in [6, 6.07) is 33.8. The molecule has 0 fully saturated rings.